The molecule has 2 saturated heterocycles. The SMILES string of the molecule is CC1CCN(CC2CCNCC2(F)F)CC1. The Kier molecular flexibility index (Phi) is 3.80. The predicted octanol–water partition coefficient (Wildman–Crippen LogP) is 1.96. The van der Waals surface area contributed by atoms with Crippen molar-refractivity contribution in [3.05, 3.63) is 0 Å². The molecule has 0 radical (unpaired) electrons. The Morgan fingerprint density at radius 2 is 1.94 bits per heavy atom. The second-order valence-corrected chi connectivity index (χ2v) is 5.41. The van der Waals surface area contributed by atoms with Crippen molar-refractivity contribution in [2.24, 2.45) is 11.8 Å². The van der Waals surface area contributed by atoms with Gasteiger partial charge in [0.15, 0.2) is 0 Å². The number of nitrogens with one attached hydrogen (secondary N) is 1. The highest BCUT2D eigenvalue weighted by molar-refractivity contribution is 4.87. The van der Waals surface area contributed by atoms with Crippen LogP contribution in [-0.2, 0) is 0 Å². The van der Waals surface area contributed by atoms with Crippen LogP contribution in [0.5, 0.6) is 0 Å². The van der Waals surface area contributed by atoms with Crippen LogP contribution in [0.4, 0.5) is 8.78 Å². The average molecular weight is 232 g/mol. The first-order valence-electron chi connectivity index (χ1n) is 6.39. The summed E-state index contributed by atoms with van der Waals surface area (Å²) >= 11 is 0. The summed E-state index contributed by atoms with van der Waals surface area (Å²) < 4.78 is 27.2. The minimum absolute atomic E-state index is 0.137. The van der Waals surface area contributed by atoms with Crippen LogP contribution >= 0.6 is 0 Å². The molecular formula is C12H22F2N2. The molecule has 0 amide bonds. The largest absolute Gasteiger partial charge is 0.311 e. The normalized spacial score (nSPS) is 32.8. The Bertz CT molecular complexity index is 225. The number of hydrogen-bond acceptors (Lipinski definition) is 2. The van der Waals surface area contributed by atoms with Crippen molar-refractivity contribution in [2.45, 2.75) is 32.1 Å². The van der Waals surface area contributed by atoms with Crippen LogP contribution < -0.4 is 5.32 Å². The van der Waals surface area contributed by atoms with Gasteiger partial charge in [-0.2, -0.15) is 0 Å². The molecule has 0 bridgehead atoms. The van der Waals surface area contributed by atoms with Crippen LogP contribution in [0.1, 0.15) is 26.2 Å². The molecule has 0 aliphatic carbocycles. The van der Waals surface area contributed by atoms with Gasteiger partial charge in [-0.3, -0.25) is 0 Å². The zero-order valence-electron chi connectivity index (χ0n) is 10.0. The van der Waals surface area contributed by atoms with Crippen molar-refractivity contribution < 1.29 is 8.78 Å². The van der Waals surface area contributed by atoms with Gasteiger partial charge >= 0.3 is 0 Å². The van der Waals surface area contributed by atoms with E-state index in [-0.39, 0.29) is 6.54 Å². The lowest BCUT2D eigenvalue weighted by Gasteiger charge is -2.38. The third-order valence-electron chi connectivity index (χ3n) is 3.98. The van der Waals surface area contributed by atoms with Crippen molar-refractivity contribution >= 4 is 0 Å². The molecule has 16 heavy (non-hydrogen) atoms. The van der Waals surface area contributed by atoms with E-state index in [1.807, 2.05) is 0 Å². The van der Waals surface area contributed by atoms with Gasteiger partial charge in [-0.05, 0) is 44.8 Å². The zero-order valence-corrected chi connectivity index (χ0v) is 10.0. The fourth-order valence-corrected chi connectivity index (χ4v) is 2.67. The van der Waals surface area contributed by atoms with Gasteiger partial charge in [0.1, 0.15) is 0 Å². The monoisotopic (exact) mass is 232 g/mol. The molecular weight excluding hydrogens is 210 g/mol. The average Bonchev–Trinajstić information content (AvgIpc) is 2.24. The molecule has 2 fully saturated rings. The van der Waals surface area contributed by atoms with E-state index < -0.39 is 11.8 Å². The molecule has 0 aromatic carbocycles. The number of alkyl halides is 2. The minimum atomic E-state index is -2.51. The van der Waals surface area contributed by atoms with E-state index >= 15 is 0 Å². The zero-order chi connectivity index (χ0) is 11.6. The number of hydrogen-bond donors (Lipinski definition) is 1. The predicted molar refractivity (Wildman–Crippen MR) is 60.8 cm³/mol. The van der Waals surface area contributed by atoms with E-state index in [0.29, 0.717) is 13.0 Å². The van der Waals surface area contributed by atoms with Gasteiger partial charge < -0.3 is 10.2 Å². The molecule has 2 aliphatic rings. The lowest BCUT2D eigenvalue weighted by atomic mass is 9.91. The summed E-state index contributed by atoms with van der Waals surface area (Å²) in [5.74, 6) is -2.19. The first kappa shape index (κ1) is 12.2. The van der Waals surface area contributed by atoms with E-state index in [9.17, 15) is 8.78 Å². The number of piperidine rings is 2. The maximum absolute atomic E-state index is 13.6. The van der Waals surface area contributed by atoms with Gasteiger partial charge in [0, 0.05) is 12.5 Å². The lowest BCUT2D eigenvalue weighted by Crippen LogP contribution is -2.51. The quantitative estimate of drug-likeness (QED) is 0.783. The standard InChI is InChI=1S/C12H22F2N2/c1-10-3-6-16(7-4-10)8-11-2-5-15-9-12(11,13)14/h10-11,15H,2-9H2,1H3. The Morgan fingerprint density at radius 1 is 1.25 bits per heavy atom. The minimum Gasteiger partial charge on any atom is -0.311 e. The number of rotatable bonds is 2. The van der Waals surface area contributed by atoms with E-state index in [1.54, 1.807) is 0 Å². The van der Waals surface area contributed by atoms with Crippen molar-refractivity contribution in [2.75, 3.05) is 32.7 Å². The van der Waals surface area contributed by atoms with Gasteiger partial charge in [0.2, 0.25) is 0 Å². The first-order chi connectivity index (χ1) is 7.58. The fourth-order valence-electron chi connectivity index (χ4n) is 2.67. The summed E-state index contributed by atoms with van der Waals surface area (Å²) in [5, 5.41) is 2.78. The van der Waals surface area contributed by atoms with Gasteiger partial charge in [0.25, 0.3) is 5.92 Å². The highest BCUT2D eigenvalue weighted by Gasteiger charge is 2.42. The summed E-state index contributed by atoms with van der Waals surface area (Å²) in [5.41, 5.74) is 0. The third kappa shape index (κ3) is 2.92. The molecule has 0 aromatic heterocycles. The second-order valence-electron chi connectivity index (χ2n) is 5.41. The van der Waals surface area contributed by atoms with E-state index in [2.05, 4.69) is 17.1 Å². The maximum atomic E-state index is 13.6. The van der Waals surface area contributed by atoms with Crippen molar-refractivity contribution in [3.8, 4) is 0 Å². The molecule has 1 unspecified atom stereocenters. The van der Waals surface area contributed by atoms with Crippen molar-refractivity contribution in [1.29, 1.82) is 0 Å². The molecule has 0 saturated carbocycles. The molecule has 2 aliphatic heterocycles. The molecule has 0 aromatic rings. The molecule has 4 heteroatoms. The van der Waals surface area contributed by atoms with Gasteiger partial charge in [-0.15, -0.1) is 0 Å². The Morgan fingerprint density at radius 3 is 2.56 bits per heavy atom. The number of nitrogens with zero attached hydrogens (tertiary/aromatic N) is 1. The molecule has 94 valence electrons. The van der Waals surface area contributed by atoms with Gasteiger partial charge in [0.05, 0.1) is 6.54 Å². The summed E-state index contributed by atoms with van der Waals surface area (Å²) in [6.45, 7) is 5.44. The van der Waals surface area contributed by atoms with Crippen LogP contribution in [0.15, 0.2) is 0 Å². The van der Waals surface area contributed by atoms with Crippen LogP contribution in [0, 0.1) is 11.8 Å². The summed E-state index contributed by atoms with van der Waals surface area (Å²) in [7, 11) is 0. The smallest absolute Gasteiger partial charge is 0.264 e. The first-order valence-corrected chi connectivity index (χ1v) is 6.39. The van der Waals surface area contributed by atoms with Crippen LogP contribution in [0.25, 0.3) is 0 Å². The van der Waals surface area contributed by atoms with E-state index in [4.69, 9.17) is 0 Å². The molecule has 1 atom stereocenters. The molecule has 2 nitrogen and oxygen atoms in total. The fraction of sp³-hybridized carbons (Fsp3) is 1.00. The van der Waals surface area contributed by atoms with Crippen molar-refractivity contribution in [3.63, 3.8) is 0 Å². The maximum Gasteiger partial charge on any atom is 0.264 e. The Hall–Kier alpha value is -0.220. The summed E-state index contributed by atoms with van der Waals surface area (Å²) in [6.07, 6.45) is 2.94. The van der Waals surface area contributed by atoms with Crippen molar-refractivity contribution in [1.82, 2.24) is 10.2 Å². The molecule has 2 heterocycles. The second kappa shape index (κ2) is 4.96. The molecule has 1 N–H and O–H groups in total. The third-order valence-corrected chi connectivity index (χ3v) is 3.98. The Balaban J connectivity index is 1.84. The molecule has 0 spiro atoms. The summed E-state index contributed by atoms with van der Waals surface area (Å²) in [4.78, 5) is 2.23. The van der Waals surface area contributed by atoms with Gasteiger partial charge in [-0.25, -0.2) is 8.78 Å². The van der Waals surface area contributed by atoms with Gasteiger partial charge in [-0.1, -0.05) is 6.92 Å². The topological polar surface area (TPSA) is 15.3 Å². The molecule has 2 rings (SSSR count). The van der Waals surface area contributed by atoms with Crippen LogP contribution in [-0.4, -0.2) is 43.5 Å². The van der Waals surface area contributed by atoms with E-state index in [0.717, 1.165) is 38.4 Å². The summed E-state index contributed by atoms with van der Waals surface area (Å²) in [6, 6.07) is 0. The van der Waals surface area contributed by atoms with E-state index in [1.165, 1.54) is 0 Å². The van der Waals surface area contributed by atoms with Crippen LogP contribution in [0.3, 0.4) is 0 Å². The number of halogens is 2. The highest BCUT2D eigenvalue weighted by Crippen LogP contribution is 2.31. The van der Waals surface area contributed by atoms with Crippen LogP contribution in [0.2, 0.25) is 0 Å². The lowest BCUT2D eigenvalue weighted by molar-refractivity contribution is -0.0846. The number of likely N-dealkylation sites (tertiary alicyclic amines) is 1. The highest BCUT2D eigenvalue weighted by atomic mass is 19.3. The Labute approximate surface area is 96.4 Å².